The molecule has 0 bridgehead atoms. The van der Waals surface area contributed by atoms with Crippen molar-refractivity contribution >= 4 is 11.8 Å². The summed E-state index contributed by atoms with van der Waals surface area (Å²) < 4.78 is 5.22. The highest BCUT2D eigenvalue weighted by Gasteiger charge is 2.26. The van der Waals surface area contributed by atoms with E-state index in [2.05, 4.69) is 27.2 Å². The van der Waals surface area contributed by atoms with Crippen molar-refractivity contribution in [2.24, 2.45) is 11.8 Å². The Morgan fingerprint density at radius 2 is 1.77 bits per heavy atom. The number of methoxy groups -OCH3 is 1. The van der Waals surface area contributed by atoms with E-state index in [1.807, 2.05) is 30.9 Å². The summed E-state index contributed by atoms with van der Waals surface area (Å²) in [6, 6.07) is 8.20. The summed E-state index contributed by atoms with van der Waals surface area (Å²) in [7, 11) is 1.68. The Balaban J connectivity index is 1.38. The van der Waals surface area contributed by atoms with Crippen molar-refractivity contribution in [2.45, 2.75) is 33.2 Å². The Kier molecular flexibility index (Phi) is 8.72. The second-order valence-electron chi connectivity index (χ2n) is 9.15. The first kappa shape index (κ1) is 23.5. The SMILES string of the molecule is COc1ccc(CN2CCN(C(=O)CN3CCCC(CNC(=O)C(C)C)C3)CC2)cc1. The minimum Gasteiger partial charge on any atom is -0.497 e. The van der Waals surface area contributed by atoms with Crippen molar-refractivity contribution in [1.29, 1.82) is 0 Å². The van der Waals surface area contributed by atoms with Gasteiger partial charge in [0.2, 0.25) is 11.8 Å². The highest BCUT2D eigenvalue weighted by Crippen LogP contribution is 2.17. The number of ether oxygens (including phenoxy) is 1. The molecule has 0 radical (unpaired) electrons. The van der Waals surface area contributed by atoms with E-state index in [4.69, 9.17) is 4.74 Å². The predicted molar refractivity (Wildman–Crippen MR) is 122 cm³/mol. The van der Waals surface area contributed by atoms with Gasteiger partial charge in [0.15, 0.2) is 0 Å². The second kappa shape index (κ2) is 11.5. The molecule has 1 atom stereocenters. The van der Waals surface area contributed by atoms with E-state index in [9.17, 15) is 9.59 Å². The van der Waals surface area contributed by atoms with Crippen LogP contribution in [0, 0.1) is 11.8 Å². The number of nitrogens with zero attached hydrogens (tertiary/aromatic N) is 3. The van der Waals surface area contributed by atoms with Gasteiger partial charge < -0.3 is 15.0 Å². The van der Waals surface area contributed by atoms with E-state index in [0.29, 0.717) is 19.0 Å². The number of benzene rings is 1. The Morgan fingerprint density at radius 1 is 1.06 bits per heavy atom. The van der Waals surface area contributed by atoms with Gasteiger partial charge >= 0.3 is 0 Å². The largest absolute Gasteiger partial charge is 0.497 e. The molecule has 2 saturated heterocycles. The van der Waals surface area contributed by atoms with Crippen LogP contribution in [-0.2, 0) is 16.1 Å². The summed E-state index contributed by atoms with van der Waals surface area (Å²) in [5.74, 6) is 1.67. The van der Waals surface area contributed by atoms with Crippen LogP contribution in [-0.4, -0.2) is 86.0 Å². The smallest absolute Gasteiger partial charge is 0.236 e. The second-order valence-corrected chi connectivity index (χ2v) is 9.15. The average Bonchev–Trinajstić information content (AvgIpc) is 2.78. The lowest BCUT2D eigenvalue weighted by Gasteiger charge is -2.37. The molecular formula is C24H38N4O3. The lowest BCUT2D eigenvalue weighted by molar-refractivity contribution is -0.134. The van der Waals surface area contributed by atoms with Crippen LogP contribution < -0.4 is 10.1 Å². The summed E-state index contributed by atoms with van der Waals surface area (Å²) >= 11 is 0. The molecule has 7 heteroatoms. The molecule has 0 aromatic heterocycles. The van der Waals surface area contributed by atoms with Crippen molar-refractivity contribution in [3.05, 3.63) is 29.8 Å². The summed E-state index contributed by atoms with van der Waals surface area (Å²) in [5.41, 5.74) is 1.27. The van der Waals surface area contributed by atoms with Gasteiger partial charge in [-0.1, -0.05) is 26.0 Å². The number of hydrogen-bond acceptors (Lipinski definition) is 5. The molecule has 2 heterocycles. The fraction of sp³-hybridized carbons (Fsp3) is 0.667. The van der Waals surface area contributed by atoms with Crippen LogP contribution >= 0.6 is 0 Å². The quantitative estimate of drug-likeness (QED) is 0.682. The lowest BCUT2D eigenvalue weighted by Crippen LogP contribution is -2.52. The molecule has 172 valence electrons. The molecule has 2 aliphatic rings. The summed E-state index contributed by atoms with van der Waals surface area (Å²) in [4.78, 5) is 31.3. The number of nitrogens with one attached hydrogen (secondary N) is 1. The molecule has 0 saturated carbocycles. The Labute approximate surface area is 186 Å². The number of hydrogen-bond donors (Lipinski definition) is 1. The van der Waals surface area contributed by atoms with Crippen LogP contribution in [0.4, 0.5) is 0 Å². The van der Waals surface area contributed by atoms with Crippen molar-refractivity contribution in [3.63, 3.8) is 0 Å². The fourth-order valence-corrected chi connectivity index (χ4v) is 4.35. The Bertz CT molecular complexity index is 714. The maximum Gasteiger partial charge on any atom is 0.236 e. The number of amides is 2. The monoisotopic (exact) mass is 430 g/mol. The van der Waals surface area contributed by atoms with Gasteiger partial charge in [0.25, 0.3) is 0 Å². The molecule has 2 fully saturated rings. The highest BCUT2D eigenvalue weighted by atomic mass is 16.5. The predicted octanol–water partition coefficient (Wildman–Crippen LogP) is 1.82. The van der Waals surface area contributed by atoms with Crippen LogP contribution in [0.5, 0.6) is 5.75 Å². The van der Waals surface area contributed by atoms with E-state index < -0.39 is 0 Å². The molecular weight excluding hydrogens is 392 g/mol. The number of likely N-dealkylation sites (tertiary alicyclic amines) is 1. The van der Waals surface area contributed by atoms with Crippen molar-refractivity contribution in [3.8, 4) is 5.75 Å². The van der Waals surface area contributed by atoms with Crippen molar-refractivity contribution in [1.82, 2.24) is 20.0 Å². The number of piperidine rings is 1. The molecule has 1 aromatic carbocycles. The molecule has 0 aliphatic carbocycles. The number of carbonyl (C=O) groups is 2. The van der Waals surface area contributed by atoms with E-state index in [0.717, 1.165) is 64.4 Å². The van der Waals surface area contributed by atoms with E-state index >= 15 is 0 Å². The van der Waals surface area contributed by atoms with Crippen LogP contribution in [0.25, 0.3) is 0 Å². The van der Waals surface area contributed by atoms with Gasteiger partial charge in [0.1, 0.15) is 5.75 Å². The molecule has 1 aromatic rings. The van der Waals surface area contributed by atoms with Crippen LogP contribution in [0.1, 0.15) is 32.3 Å². The van der Waals surface area contributed by atoms with Gasteiger partial charge in [-0.2, -0.15) is 0 Å². The molecule has 2 aliphatic heterocycles. The van der Waals surface area contributed by atoms with Gasteiger partial charge in [-0.25, -0.2) is 0 Å². The van der Waals surface area contributed by atoms with E-state index in [1.165, 1.54) is 5.56 Å². The highest BCUT2D eigenvalue weighted by molar-refractivity contribution is 5.78. The minimum absolute atomic E-state index is 0.0182. The van der Waals surface area contributed by atoms with Gasteiger partial charge in [-0.05, 0) is 43.0 Å². The third-order valence-electron chi connectivity index (χ3n) is 6.34. The average molecular weight is 431 g/mol. The molecule has 3 rings (SSSR count). The Morgan fingerprint density at radius 3 is 2.42 bits per heavy atom. The maximum absolute atomic E-state index is 12.8. The molecule has 2 amide bonds. The standard InChI is InChI=1S/C24H38N4O3/c1-19(2)24(30)25-15-21-5-4-10-27(17-21)18-23(29)28-13-11-26(12-14-28)16-20-6-8-22(31-3)9-7-20/h6-9,19,21H,4-5,10-18H2,1-3H3,(H,25,30). The summed E-state index contributed by atoms with van der Waals surface area (Å²) in [5, 5.41) is 3.05. The normalized spacial score (nSPS) is 20.6. The third-order valence-corrected chi connectivity index (χ3v) is 6.34. The maximum atomic E-state index is 12.8. The van der Waals surface area contributed by atoms with Crippen LogP contribution in [0.2, 0.25) is 0 Å². The van der Waals surface area contributed by atoms with Gasteiger partial charge in [-0.3, -0.25) is 19.4 Å². The van der Waals surface area contributed by atoms with Crippen LogP contribution in [0.15, 0.2) is 24.3 Å². The number of rotatable bonds is 8. The topological polar surface area (TPSA) is 65.1 Å². The zero-order valence-corrected chi connectivity index (χ0v) is 19.3. The molecule has 7 nitrogen and oxygen atoms in total. The molecule has 0 spiro atoms. The number of piperazine rings is 1. The zero-order valence-electron chi connectivity index (χ0n) is 19.3. The zero-order chi connectivity index (χ0) is 22.2. The third kappa shape index (κ3) is 7.21. The molecule has 1 N–H and O–H groups in total. The summed E-state index contributed by atoms with van der Waals surface area (Å²) in [6.45, 7) is 11.2. The van der Waals surface area contributed by atoms with Gasteiger partial charge in [-0.15, -0.1) is 0 Å². The van der Waals surface area contributed by atoms with Gasteiger partial charge in [0, 0.05) is 51.7 Å². The first-order chi connectivity index (χ1) is 14.9. The van der Waals surface area contributed by atoms with E-state index in [1.54, 1.807) is 7.11 Å². The first-order valence-electron chi connectivity index (χ1n) is 11.6. The van der Waals surface area contributed by atoms with Crippen molar-refractivity contribution in [2.75, 3.05) is 59.5 Å². The minimum atomic E-state index is 0.0182. The lowest BCUT2D eigenvalue weighted by atomic mass is 9.97. The van der Waals surface area contributed by atoms with Crippen LogP contribution in [0.3, 0.4) is 0 Å². The van der Waals surface area contributed by atoms with Gasteiger partial charge in [0.05, 0.1) is 13.7 Å². The first-order valence-corrected chi connectivity index (χ1v) is 11.6. The fourth-order valence-electron chi connectivity index (χ4n) is 4.35. The summed E-state index contributed by atoms with van der Waals surface area (Å²) in [6.07, 6.45) is 2.21. The Hall–Kier alpha value is -2.12. The number of carbonyl (C=O) groups excluding carboxylic acids is 2. The molecule has 1 unspecified atom stereocenters. The van der Waals surface area contributed by atoms with E-state index in [-0.39, 0.29) is 17.7 Å². The molecule has 31 heavy (non-hydrogen) atoms. The van der Waals surface area contributed by atoms with Crippen molar-refractivity contribution < 1.29 is 14.3 Å².